The van der Waals surface area contributed by atoms with Crippen LogP contribution in [0.4, 0.5) is 5.82 Å². The van der Waals surface area contributed by atoms with Gasteiger partial charge in [-0.25, -0.2) is 4.98 Å². The molecule has 3 heteroatoms. The van der Waals surface area contributed by atoms with Crippen molar-refractivity contribution in [3.8, 4) is 5.75 Å². The fourth-order valence-corrected chi connectivity index (χ4v) is 5.49. The Morgan fingerprint density at radius 2 is 1.80 bits per heavy atom. The number of anilines is 1. The van der Waals surface area contributed by atoms with Crippen LogP contribution in [0, 0.1) is 23.2 Å². The van der Waals surface area contributed by atoms with Gasteiger partial charge in [0.1, 0.15) is 6.10 Å². The number of nitrogens with two attached hydrogens (primary N) is 1. The number of nitrogens with zero attached hydrogens (tertiary/aromatic N) is 1. The topological polar surface area (TPSA) is 48.1 Å². The molecule has 4 aliphatic rings. The van der Waals surface area contributed by atoms with E-state index in [0.29, 0.717) is 11.2 Å². The van der Waals surface area contributed by atoms with Crippen LogP contribution < -0.4 is 10.5 Å². The normalized spacial score (nSPS) is 39.8. The van der Waals surface area contributed by atoms with Crippen molar-refractivity contribution < 1.29 is 4.74 Å². The standard InChI is InChI=1S/C17H24N2O/c1-11(20-15-3-2-4-19-16(15)18)17-8-12-5-13(9-17)7-14(6-12)10-17/h2-4,11-14H,5-10H2,1H3,(H2,18,19). The van der Waals surface area contributed by atoms with Crippen LogP contribution in [0.2, 0.25) is 0 Å². The number of pyridine rings is 1. The van der Waals surface area contributed by atoms with Crippen LogP contribution in [0.3, 0.4) is 0 Å². The maximum atomic E-state index is 6.24. The van der Waals surface area contributed by atoms with Crippen molar-refractivity contribution in [2.24, 2.45) is 23.2 Å². The van der Waals surface area contributed by atoms with E-state index >= 15 is 0 Å². The lowest BCUT2D eigenvalue weighted by atomic mass is 9.48. The summed E-state index contributed by atoms with van der Waals surface area (Å²) >= 11 is 0. The van der Waals surface area contributed by atoms with Crippen molar-refractivity contribution in [3.63, 3.8) is 0 Å². The Kier molecular flexibility index (Phi) is 2.73. The third-order valence-electron chi connectivity index (χ3n) is 6.05. The smallest absolute Gasteiger partial charge is 0.166 e. The fourth-order valence-electron chi connectivity index (χ4n) is 5.49. The molecule has 1 aromatic rings. The Morgan fingerprint density at radius 3 is 2.35 bits per heavy atom. The minimum absolute atomic E-state index is 0.252. The maximum absolute atomic E-state index is 6.24. The molecule has 0 spiro atoms. The molecule has 1 heterocycles. The number of hydrogen-bond donors (Lipinski definition) is 1. The lowest BCUT2D eigenvalue weighted by Gasteiger charge is -2.58. The predicted octanol–water partition coefficient (Wildman–Crippen LogP) is 3.65. The van der Waals surface area contributed by atoms with Crippen molar-refractivity contribution in [2.75, 3.05) is 5.73 Å². The first-order chi connectivity index (χ1) is 9.64. The largest absolute Gasteiger partial charge is 0.486 e. The second kappa shape index (κ2) is 4.37. The van der Waals surface area contributed by atoms with Crippen molar-refractivity contribution >= 4 is 5.82 Å². The van der Waals surface area contributed by atoms with Crippen LogP contribution in [-0.4, -0.2) is 11.1 Å². The monoisotopic (exact) mass is 272 g/mol. The Hall–Kier alpha value is -1.25. The number of aromatic nitrogens is 1. The average Bonchev–Trinajstić information content (AvgIpc) is 2.40. The predicted molar refractivity (Wildman–Crippen MR) is 79.3 cm³/mol. The fraction of sp³-hybridized carbons (Fsp3) is 0.706. The third kappa shape index (κ3) is 1.90. The molecule has 1 aromatic heterocycles. The molecule has 20 heavy (non-hydrogen) atoms. The summed E-state index contributed by atoms with van der Waals surface area (Å²) in [4.78, 5) is 4.13. The summed E-state index contributed by atoms with van der Waals surface area (Å²) in [7, 11) is 0. The van der Waals surface area contributed by atoms with Crippen molar-refractivity contribution in [2.45, 2.75) is 51.6 Å². The van der Waals surface area contributed by atoms with Gasteiger partial charge in [-0.2, -0.15) is 0 Å². The van der Waals surface area contributed by atoms with Crippen LogP contribution in [0.25, 0.3) is 0 Å². The summed E-state index contributed by atoms with van der Waals surface area (Å²) < 4.78 is 6.24. The minimum Gasteiger partial charge on any atom is -0.486 e. The zero-order valence-corrected chi connectivity index (χ0v) is 12.2. The summed E-state index contributed by atoms with van der Waals surface area (Å²) in [6.45, 7) is 2.25. The van der Waals surface area contributed by atoms with Crippen LogP contribution in [0.5, 0.6) is 5.75 Å². The summed E-state index contributed by atoms with van der Waals surface area (Å²) in [5.74, 6) is 4.15. The molecule has 0 aliphatic heterocycles. The molecule has 0 radical (unpaired) electrons. The highest BCUT2D eigenvalue weighted by atomic mass is 16.5. The highest BCUT2D eigenvalue weighted by Gasteiger charge is 2.54. The third-order valence-corrected chi connectivity index (χ3v) is 6.05. The summed E-state index contributed by atoms with van der Waals surface area (Å²) in [5.41, 5.74) is 6.32. The van der Waals surface area contributed by atoms with Crippen molar-refractivity contribution in [3.05, 3.63) is 18.3 Å². The maximum Gasteiger partial charge on any atom is 0.166 e. The first-order valence-corrected chi connectivity index (χ1v) is 8.02. The Labute approximate surface area is 120 Å². The Morgan fingerprint density at radius 1 is 1.20 bits per heavy atom. The van der Waals surface area contributed by atoms with E-state index in [1.165, 1.54) is 38.5 Å². The van der Waals surface area contributed by atoms with Gasteiger partial charge in [0.2, 0.25) is 0 Å². The number of ether oxygens (including phenoxy) is 1. The van der Waals surface area contributed by atoms with Gasteiger partial charge in [-0.1, -0.05) is 0 Å². The molecule has 4 aliphatic carbocycles. The van der Waals surface area contributed by atoms with E-state index in [-0.39, 0.29) is 6.10 Å². The summed E-state index contributed by atoms with van der Waals surface area (Å²) in [6.07, 6.45) is 10.5. The van der Waals surface area contributed by atoms with Gasteiger partial charge in [0.15, 0.2) is 11.6 Å². The van der Waals surface area contributed by atoms with Gasteiger partial charge in [-0.05, 0) is 75.3 Å². The van der Waals surface area contributed by atoms with E-state index in [9.17, 15) is 0 Å². The summed E-state index contributed by atoms with van der Waals surface area (Å²) in [5, 5.41) is 0. The van der Waals surface area contributed by atoms with Crippen molar-refractivity contribution in [1.29, 1.82) is 0 Å². The van der Waals surface area contributed by atoms with E-state index in [1.54, 1.807) is 6.20 Å². The zero-order valence-electron chi connectivity index (χ0n) is 12.2. The SMILES string of the molecule is CC(Oc1cccnc1N)C12CC3CC(CC(C3)C1)C2. The average molecular weight is 272 g/mol. The second-order valence-electron chi connectivity index (χ2n) is 7.43. The second-order valence-corrected chi connectivity index (χ2v) is 7.43. The van der Waals surface area contributed by atoms with E-state index in [0.717, 1.165) is 23.5 Å². The highest BCUT2D eigenvalue weighted by molar-refractivity contribution is 5.44. The van der Waals surface area contributed by atoms with Crippen LogP contribution in [0.1, 0.15) is 45.4 Å². The first kappa shape index (κ1) is 12.5. The number of nitrogen functional groups attached to an aromatic ring is 1. The van der Waals surface area contributed by atoms with E-state index in [2.05, 4.69) is 11.9 Å². The van der Waals surface area contributed by atoms with E-state index < -0.39 is 0 Å². The van der Waals surface area contributed by atoms with Crippen LogP contribution >= 0.6 is 0 Å². The summed E-state index contributed by atoms with van der Waals surface area (Å²) in [6, 6.07) is 3.84. The number of rotatable bonds is 3. The number of hydrogen-bond acceptors (Lipinski definition) is 3. The van der Waals surface area contributed by atoms with Crippen LogP contribution in [-0.2, 0) is 0 Å². The first-order valence-electron chi connectivity index (χ1n) is 8.02. The molecule has 5 rings (SSSR count). The lowest BCUT2D eigenvalue weighted by Crippen LogP contribution is -2.52. The highest BCUT2D eigenvalue weighted by Crippen LogP contribution is 2.61. The molecule has 4 fully saturated rings. The molecule has 0 aromatic carbocycles. The molecule has 4 saturated carbocycles. The quantitative estimate of drug-likeness (QED) is 0.913. The van der Waals surface area contributed by atoms with Gasteiger partial charge in [0.25, 0.3) is 0 Å². The van der Waals surface area contributed by atoms with Gasteiger partial charge < -0.3 is 10.5 Å². The molecule has 3 nitrogen and oxygen atoms in total. The van der Waals surface area contributed by atoms with Gasteiger partial charge in [0.05, 0.1) is 0 Å². The Balaban J connectivity index is 1.56. The van der Waals surface area contributed by atoms with E-state index in [4.69, 9.17) is 10.5 Å². The van der Waals surface area contributed by atoms with Crippen LogP contribution in [0.15, 0.2) is 18.3 Å². The molecular weight excluding hydrogens is 248 g/mol. The van der Waals surface area contributed by atoms with Gasteiger partial charge >= 0.3 is 0 Å². The lowest BCUT2D eigenvalue weighted by molar-refractivity contribution is -0.105. The molecule has 2 N–H and O–H groups in total. The molecule has 1 unspecified atom stereocenters. The molecule has 0 amide bonds. The molecular formula is C17H24N2O. The van der Waals surface area contributed by atoms with Crippen molar-refractivity contribution in [1.82, 2.24) is 4.98 Å². The molecule has 108 valence electrons. The van der Waals surface area contributed by atoms with Gasteiger partial charge in [0, 0.05) is 11.6 Å². The van der Waals surface area contributed by atoms with E-state index in [1.807, 2.05) is 12.1 Å². The Bertz CT molecular complexity index is 478. The minimum atomic E-state index is 0.252. The zero-order chi connectivity index (χ0) is 13.7. The molecule has 1 atom stereocenters. The van der Waals surface area contributed by atoms with Gasteiger partial charge in [-0.3, -0.25) is 0 Å². The van der Waals surface area contributed by atoms with Gasteiger partial charge in [-0.15, -0.1) is 0 Å². The molecule has 4 bridgehead atoms. The molecule has 0 saturated heterocycles.